The van der Waals surface area contributed by atoms with Gasteiger partial charge in [-0.15, -0.1) is 5.10 Å². The minimum atomic E-state index is 0.262. The van der Waals surface area contributed by atoms with Crippen molar-refractivity contribution in [2.24, 2.45) is 0 Å². The van der Waals surface area contributed by atoms with Crippen LogP contribution in [0.1, 0.15) is 37.2 Å². The molecule has 1 atom stereocenters. The third-order valence-corrected chi connectivity index (χ3v) is 5.17. The third kappa shape index (κ3) is 3.52. The van der Waals surface area contributed by atoms with Crippen LogP contribution in [-0.4, -0.2) is 70.0 Å². The highest BCUT2D eigenvalue weighted by Gasteiger charge is 2.28. The Kier molecular flexibility index (Phi) is 5.03. The number of rotatable bonds is 6. The van der Waals surface area contributed by atoms with Crippen LogP contribution < -0.4 is 9.47 Å². The first-order chi connectivity index (χ1) is 12.7. The molecule has 3 heterocycles. The molecule has 1 aromatic carbocycles. The summed E-state index contributed by atoms with van der Waals surface area (Å²) < 4.78 is 12.8. The van der Waals surface area contributed by atoms with E-state index < -0.39 is 0 Å². The molecule has 4 rings (SSSR count). The summed E-state index contributed by atoms with van der Waals surface area (Å²) in [5.41, 5.74) is 1.11. The normalized spacial score (nSPS) is 19.0. The molecule has 0 aliphatic carbocycles. The average molecular weight is 358 g/mol. The van der Waals surface area contributed by atoms with Crippen molar-refractivity contribution >= 4 is 0 Å². The minimum Gasteiger partial charge on any atom is -0.454 e. The van der Waals surface area contributed by atoms with Crippen LogP contribution in [0.5, 0.6) is 11.5 Å². The second-order valence-electron chi connectivity index (χ2n) is 7.03. The smallest absolute Gasteiger partial charge is 0.231 e. The van der Waals surface area contributed by atoms with Crippen LogP contribution in [0, 0.1) is 0 Å². The van der Waals surface area contributed by atoms with Gasteiger partial charge in [-0.25, -0.2) is 4.68 Å². The van der Waals surface area contributed by atoms with E-state index >= 15 is 0 Å². The van der Waals surface area contributed by atoms with E-state index in [0.29, 0.717) is 6.54 Å². The molecular formula is C18H26N6O2. The van der Waals surface area contributed by atoms with Gasteiger partial charge < -0.3 is 14.4 Å². The van der Waals surface area contributed by atoms with E-state index in [-0.39, 0.29) is 12.8 Å². The second-order valence-corrected chi connectivity index (χ2v) is 7.03. The SMILES string of the molecule is CCC[C@@H](c1nnnn1Cc1ccc2c(c1)OCO2)N1CCN(C)CC1. The lowest BCUT2D eigenvalue weighted by atomic mass is 10.1. The Morgan fingerprint density at radius 3 is 2.73 bits per heavy atom. The minimum absolute atomic E-state index is 0.262. The highest BCUT2D eigenvalue weighted by atomic mass is 16.7. The summed E-state index contributed by atoms with van der Waals surface area (Å²) in [4.78, 5) is 4.89. The number of ether oxygens (including phenoxy) is 2. The number of benzene rings is 1. The molecule has 0 bridgehead atoms. The largest absolute Gasteiger partial charge is 0.454 e. The monoisotopic (exact) mass is 358 g/mol. The van der Waals surface area contributed by atoms with Crippen molar-refractivity contribution in [1.29, 1.82) is 0 Å². The van der Waals surface area contributed by atoms with Gasteiger partial charge in [0.05, 0.1) is 12.6 Å². The molecule has 2 aromatic rings. The zero-order chi connectivity index (χ0) is 17.9. The maximum absolute atomic E-state index is 5.48. The predicted octanol–water partition coefficient (Wildman–Crippen LogP) is 1.54. The third-order valence-electron chi connectivity index (χ3n) is 5.17. The Bertz CT molecular complexity index is 741. The van der Waals surface area contributed by atoms with E-state index in [4.69, 9.17) is 9.47 Å². The first-order valence-corrected chi connectivity index (χ1v) is 9.31. The Hall–Kier alpha value is -2.19. The molecule has 140 valence electrons. The molecule has 26 heavy (non-hydrogen) atoms. The van der Waals surface area contributed by atoms with Crippen LogP contribution >= 0.6 is 0 Å². The molecule has 0 amide bonds. The van der Waals surface area contributed by atoms with Gasteiger partial charge in [-0.2, -0.15) is 0 Å². The molecule has 0 saturated carbocycles. The van der Waals surface area contributed by atoms with E-state index in [0.717, 1.165) is 61.9 Å². The van der Waals surface area contributed by atoms with Crippen LogP contribution in [0.3, 0.4) is 0 Å². The molecule has 0 spiro atoms. The van der Waals surface area contributed by atoms with Crippen molar-refractivity contribution in [3.63, 3.8) is 0 Å². The van der Waals surface area contributed by atoms with Gasteiger partial charge in [0.25, 0.3) is 0 Å². The highest BCUT2D eigenvalue weighted by Crippen LogP contribution is 2.33. The fourth-order valence-electron chi connectivity index (χ4n) is 3.66. The number of aromatic nitrogens is 4. The maximum Gasteiger partial charge on any atom is 0.231 e. The molecule has 0 N–H and O–H groups in total. The Morgan fingerprint density at radius 2 is 1.92 bits per heavy atom. The van der Waals surface area contributed by atoms with Gasteiger partial charge in [0, 0.05) is 26.2 Å². The van der Waals surface area contributed by atoms with Crippen LogP contribution in [-0.2, 0) is 6.54 Å². The molecule has 8 nitrogen and oxygen atoms in total. The summed E-state index contributed by atoms with van der Waals surface area (Å²) in [7, 11) is 2.18. The number of tetrazole rings is 1. The summed E-state index contributed by atoms with van der Waals surface area (Å²) in [6.45, 7) is 7.42. The quantitative estimate of drug-likeness (QED) is 0.776. The van der Waals surface area contributed by atoms with Gasteiger partial charge in [-0.1, -0.05) is 19.4 Å². The first-order valence-electron chi connectivity index (χ1n) is 9.31. The van der Waals surface area contributed by atoms with E-state index in [2.05, 4.69) is 39.3 Å². The molecule has 2 aliphatic heterocycles. The standard InChI is InChI=1S/C18H26N6O2/c1-3-4-15(23-9-7-22(2)8-10-23)18-19-20-21-24(18)12-14-5-6-16-17(11-14)26-13-25-16/h5-6,11,15H,3-4,7-10,12-13H2,1-2H3/t15-/m0/s1. The molecule has 1 fully saturated rings. The first kappa shape index (κ1) is 17.2. The van der Waals surface area contributed by atoms with E-state index in [1.165, 1.54) is 0 Å². The Morgan fingerprint density at radius 1 is 1.12 bits per heavy atom. The van der Waals surface area contributed by atoms with Gasteiger partial charge in [-0.05, 0) is 41.6 Å². The van der Waals surface area contributed by atoms with Crippen LogP contribution in [0.4, 0.5) is 0 Å². The number of likely N-dealkylation sites (N-methyl/N-ethyl adjacent to an activating group) is 1. The van der Waals surface area contributed by atoms with Crippen molar-refractivity contribution in [3.8, 4) is 11.5 Å². The summed E-state index contributed by atoms with van der Waals surface area (Å²) in [6.07, 6.45) is 2.17. The van der Waals surface area contributed by atoms with Gasteiger partial charge in [-0.3, -0.25) is 4.90 Å². The summed E-state index contributed by atoms with van der Waals surface area (Å²) in [5, 5.41) is 12.6. The summed E-state index contributed by atoms with van der Waals surface area (Å²) >= 11 is 0. The van der Waals surface area contributed by atoms with Gasteiger partial charge in [0.15, 0.2) is 17.3 Å². The molecule has 1 saturated heterocycles. The number of nitrogens with zero attached hydrogens (tertiary/aromatic N) is 6. The topological polar surface area (TPSA) is 68.5 Å². The molecule has 2 aliphatic rings. The molecule has 0 unspecified atom stereocenters. The number of hydrogen-bond donors (Lipinski definition) is 0. The lowest BCUT2D eigenvalue weighted by molar-refractivity contribution is 0.0996. The highest BCUT2D eigenvalue weighted by molar-refractivity contribution is 5.44. The van der Waals surface area contributed by atoms with Crippen molar-refractivity contribution in [3.05, 3.63) is 29.6 Å². The van der Waals surface area contributed by atoms with Crippen molar-refractivity contribution in [2.75, 3.05) is 40.0 Å². The number of hydrogen-bond acceptors (Lipinski definition) is 7. The zero-order valence-corrected chi connectivity index (χ0v) is 15.5. The second kappa shape index (κ2) is 7.59. The predicted molar refractivity (Wildman–Crippen MR) is 96.2 cm³/mol. The van der Waals surface area contributed by atoms with Gasteiger partial charge >= 0.3 is 0 Å². The van der Waals surface area contributed by atoms with Crippen LogP contribution in [0.25, 0.3) is 0 Å². The fourth-order valence-corrected chi connectivity index (χ4v) is 3.66. The van der Waals surface area contributed by atoms with E-state index in [1.807, 2.05) is 22.9 Å². The van der Waals surface area contributed by atoms with Crippen molar-refractivity contribution in [2.45, 2.75) is 32.4 Å². The summed E-state index contributed by atoms with van der Waals surface area (Å²) in [5.74, 6) is 2.54. The molecule has 0 radical (unpaired) electrons. The van der Waals surface area contributed by atoms with E-state index in [1.54, 1.807) is 0 Å². The lowest BCUT2D eigenvalue weighted by Crippen LogP contribution is -2.46. The molecule has 1 aromatic heterocycles. The molecule has 8 heteroatoms. The number of fused-ring (bicyclic) bond motifs is 1. The van der Waals surface area contributed by atoms with Crippen molar-refractivity contribution in [1.82, 2.24) is 30.0 Å². The van der Waals surface area contributed by atoms with Crippen LogP contribution in [0.2, 0.25) is 0 Å². The van der Waals surface area contributed by atoms with Crippen molar-refractivity contribution < 1.29 is 9.47 Å². The molecular weight excluding hydrogens is 332 g/mol. The fraction of sp³-hybridized carbons (Fsp3) is 0.611. The maximum atomic E-state index is 5.48. The average Bonchev–Trinajstić information content (AvgIpc) is 3.29. The Balaban J connectivity index is 1.54. The van der Waals surface area contributed by atoms with E-state index in [9.17, 15) is 0 Å². The van der Waals surface area contributed by atoms with Gasteiger partial charge in [0.2, 0.25) is 6.79 Å². The van der Waals surface area contributed by atoms with Crippen LogP contribution in [0.15, 0.2) is 18.2 Å². The van der Waals surface area contributed by atoms with Gasteiger partial charge in [0.1, 0.15) is 0 Å². The summed E-state index contributed by atoms with van der Waals surface area (Å²) in [6, 6.07) is 6.27. The Labute approximate surface area is 153 Å². The zero-order valence-electron chi connectivity index (χ0n) is 15.5. The number of piperazine rings is 1. The lowest BCUT2D eigenvalue weighted by Gasteiger charge is -2.37.